The van der Waals surface area contributed by atoms with Crippen molar-refractivity contribution in [1.82, 2.24) is 0 Å². The summed E-state index contributed by atoms with van der Waals surface area (Å²) in [6, 6.07) is 4.19. The van der Waals surface area contributed by atoms with E-state index >= 15 is 0 Å². The van der Waals surface area contributed by atoms with Crippen molar-refractivity contribution in [1.29, 1.82) is 0 Å². The maximum Gasteiger partial charge on any atom is 0.276 e. The van der Waals surface area contributed by atoms with Gasteiger partial charge in [0.05, 0.1) is 16.6 Å². The third-order valence-electron chi connectivity index (χ3n) is 1.64. The topological polar surface area (TPSA) is 63.4 Å². The lowest BCUT2D eigenvalue weighted by Gasteiger charge is -2.05. The van der Waals surface area contributed by atoms with Gasteiger partial charge < -0.3 is 5.11 Å². The third-order valence-corrected chi connectivity index (χ3v) is 1.87. The van der Waals surface area contributed by atoms with Crippen molar-refractivity contribution in [3.8, 4) is 0 Å². The maximum atomic E-state index is 10.5. The van der Waals surface area contributed by atoms with Crippen LogP contribution in [0.15, 0.2) is 18.2 Å². The lowest BCUT2D eigenvalue weighted by molar-refractivity contribution is -0.386. The van der Waals surface area contributed by atoms with Gasteiger partial charge in [-0.25, -0.2) is 0 Å². The van der Waals surface area contributed by atoms with Gasteiger partial charge in [0.1, 0.15) is 0 Å². The maximum absolute atomic E-state index is 10.5. The van der Waals surface area contributed by atoms with Crippen molar-refractivity contribution in [2.45, 2.75) is 13.0 Å². The van der Waals surface area contributed by atoms with Crippen LogP contribution in [0.3, 0.4) is 0 Å². The quantitative estimate of drug-likeness (QED) is 0.590. The monoisotopic (exact) mass is 201 g/mol. The fourth-order valence-corrected chi connectivity index (χ4v) is 1.19. The Morgan fingerprint density at radius 3 is 2.69 bits per heavy atom. The molecule has 0 aliphatic heterocycles. The van der Waals surface area contributed by atoms with Crippen molar-refractivity contribution >= 4 is 17.3 Å². The number of nitrogens with zero attached hydrogens (tertiary/aromatic N) is 1. The van der Waals surface area contributed by atoms with Gasteiger partial charge in [0.2, 0.25) is 0 Å². The molecule has 0 saturated carbocycles. The zero-order valence-corrected chi connectivity index (χ0v) is 7.65. The van der Waals surface area contributed by atoms with E-state index in [0.29, 0.717) is 0 Å². The number of benzene rings is 1. The number of aliphatic hydroxyl groups excluding tert-OH is 1. The highest BCUT2D eigenvalue weighted by atomic mass is 35.5. The lowest BCUT2D eigenvalue weighted by atomic mass is 10.1. The summed E-state index contributed by atoms with van der Waals surface area (Å²) in [5.74, 6) is 0. The molecule has 0 fully saturated rings. The van der Waals surface area contributed by atoms with Crippen molar-refractivity contribution in [3.05, 3.63) is 38.9 Å². The van der Waals surface area contributed by atoms with Crippen LogP contribution in [0, 0.1) is 10.1 Å². The molecule has 0 spiro atoms. The average Bonchev–Trinajstić information content (AvgIpc) is 2.03. The Labute approximate surface area is 79.9 Å². The minimum Gasteiger partial charge on any atom is -0.388 e. The Kier molecular flexibility index (Phi) is 2.85. The van der Waals surface area contributed by atoms with Crippen LogP contribution >= 0.6 is 11.6 Å². The summed E-state index contributed by atoms with van der Waals surface area (Å²) in [5, 5.41) is 20.0. The zero-order chi connectivity index (χ0) is 10.0. The van der Waals surface area contributed by atoms with E-state index in [9.17, 15) is 15.2 Å². The molecular formula is C8H8ClNO3. The van der Waals surface area contributed by atoms with Gasteiger partial charge in [-0.1, -0.05) is 11.6 Å². The second-order valence-corrected chi connectivity index (χ2v) is 3.07. The summed E-state index contributed by atoms with van der Waals surface area (Å²) in [7, 11) is 0. The Hall–Kier alpha value is -1.13. The van der Waals surface area contributed by atoms with E-state index in [0.717, 1.165) is 0 Å². The van der Waals surface area contributed by atoms with E-state index in [1.807, 2.05) is 0 Å². The van der Waals surface area contributed by atoms with Gasteiger partial charge in [0.25, 0.3) is 5.69 Å². The first kappa shape index (κ1) is 9.95. The van der Waals surface area contributed by atoms with E-state index in [1.54, 1.807) is 0 Å². The molecule has 5 heteroatoms. The number of rotatable bonds is 2. The van der Waals surface area contributed by atoms with Gasteiger partial charge in [-0.15, -0.1) is 0 Å². The lowest BCUT2D eigenvalue weighted by Crippen LogP contribution is -1.98. The van der Waals surface area contributed by atoms with Crippen LogP contribution in [0.2, 0.25) is 5.02 Å². The zero-order valence-electron chi connectivity index (χ0n) is 6.90. The molecule has 1 atom stereocenters. The molecule has 1 rings (SSSR count). The van der Waals surface area contributed by atoms with Gasteiger partial charge in [-0.3, -0.25) is 10.1 Å². The summed E-state index contributed by atoms with van der Waals surface area (Å²) in [4.78, 5) is 9.95. The van der Waals surface area contributed by atoms with Gasteiger partial charge in [0.15, 0.2) is 0 Å². The van der Waals surface area contributed by atoms with Crippen LogP contribution in [0.1, 0.15) is 18.6 Å². The summed E-state index contributed by atoms with van der Waals surface area (Å²) < 4.78 is 0. The first-order chi connectivity index (χ1) is 6.02. The normalized spacial score (nSPS) is 12.5. The van der Waals surface area contributed by atoms with Gasteiger partial charge in [-0.2, -0.15) is 0 Å². The molecule has 0 aliphatic rings. The smallest absolute Gasteiger partial charge is 0.276 e. The number of nitro benzene ring substituents is 1. The molecule has 0 amide bonds. The number of halogens is 1. The molecule has 70 valence electrons. The van der Waals surface area contributed by atoms with Gasteiger partial charge >= 0.3 is 0 Å². The van der Waals surface area contributed by atoms with Crippen LogP contribution in [0.25, 0.3) is 0 Å². The Bertz CT molecular complexity index is 338. The van der Waals surface area contributed by atoms with Crippen molar-refractivity contribution in [2.75, 3.05) is 0 Å². The van der Waals surface area contributed by atoms with E-state index in [1.165, 1.54) is 25.1 Å². The highest BCUT2D eigenvalue weighted by Crippen LogP contribution is 2.27. The van der Waals surface area contributed by atoms with Gasteiger partial charge in [-0.05, 0) is 19.1 Å². The van der Waals surface area contributed by atoms with Crippen LogP contribution in [-0.4, -0.2) is 10.0 Å². The van der Waals surface area contributed by atoms with E-state index in [4.69, 9.17) is 11.6 Å². The molecule has 1 aromatic carbocycles. The predicted molar refractivity (Wildman–Crippen MR) is 48.7 cm³/mol. The Morgan fingerprint density at radius 1 is 1.62 bits per heavy atom. The molecule has 0 saturated heterocycles. The van der Waals surface area contributed by atoms with Gasteiger partial charge in [0, 0.05) is 11.1 Å². The van der Waals surface area contributed by atoms with E-state index in [-0.39, 0.29) is 16.3 Å². The van der Waals surface area contributed by atoms with Crippen LogP contribution in [0.5, 0.6) is 0 Å². The van der Waals surface area contributed by atoms with E-state index < -0.39 is 11.0 Å². The minimum absolute atomic E-state index is 0.150. The molecule has 0 bridgehead atoms. The van der Waals surface area contributed by atoms with E-state index in [2.05, 4.69) is 0 Å². The second kappa shape index (κ2) is 3.72. The molecule has 1 aromatic rings. The van der Waals surface area contributed by atoms with Crippen molar-refractivity contribution < 1.29 is 10.0 Å². The van der Waals surface area contributed by atoms with Crippen molar-refractivity contribution in [3.63, 3.8) is 0 Å². The molecule has 0 aliphatic carbocycles. The minimum atomic E-state index is -0.863. The summed E-state index contributed by atoms with van der Waals surface area (Å²) in [6.45, 7) is 1.47. The number of aliphatic hydroxyl groups is 1. The highest BCUT2D eigenvalue weighted by molar-refractivity contribution is 6.30. The number of nitro groups is 1. The average molecular weight is 202 g/mol. The Balaban J connectivity index is 3.27. The first-order valence-corrected chi connectivity index (χ1v) is 4.02. The predicted octanol–water partition coefficient (Wildman–Crippen LogP) is 2.30. The van der Waals surface area contributed by atoms with Crippen LogP contribution in [-0.2, 0) is 0 Å². The summed E-state index contributed by atoms with van der Waals surface area (Å²) in [6.07, 6.45) is -0.863. The molecule has 0 heterocycles. The highest BCUT2D eigenvalue weighted by Gasteiger charge is 2.17. The molecule has 1 N–H and O–H groups in total. The fraction of sp³-hybridized carbons (Fsp3) is 0.250. The molecular weight excluding hydrogens is 194 g/mol. The Morgan fingerprint density at radius 2 is 2.23 bits per heavy atom. The van der Waals surface area contributed by atoms with Crippen LogP contribution in [0.4, 0.5) is 5.69 Å². The standard InChI is InChI=1S/C8H8ClNO3/c1-5(11)7-3-2-6(9)4-8(7)10(12)13/h2-5,11H,1H3. The fourth-order valence-electron chi connectivity index (χ4n) is 1.03. The SMILES string of the molecule is CC(O)c1ccc(Cl)cc1[N+](=O)[O-]. The molecule has 1 unspecified atom stereocenters. The number of hydrogen-bond donors (Lipinski definition) is 1. The third kappa shape index (κ3) is 2.17. The second-order valence-electron chi connectivity index (χ2n) is 2.64. The molecule has 0 aromatic heterocycles. The van der Waals surface area contributed by atoms with Crippen molar-refractivity contribution in [2.24, 2.45) is 0 Å². The van der Waals surface area contributed by atoms with Crippen LogP contribution < -0.4 is 0 Å². The summed E-state index contributed by atoms with van der Waals surface area (Å²) >= 11 is 5.58. The first-order valence-electron chi connectivity index (χ1n) is 3.64. The number of hydrogen-bond acceptors (Lipinski definition) is 3. The molecule has 4 nitrogen and oxygen atoms in total. The summed E-state index contributed by atoms with van der Waals surface area (Å²) in [5.41, 5.74) is 0.122. The molecule has 13 heavy (non-hydrogen) atoms. The largest absolute Gasteiger partial charge is 0.388 e. The molecule has 0 radical (unpaired) electrons.